The molecule has 0 saturated carbocycles. The van der Waals surface area contributed by atoms with E-state index >= 15 is 0 Å². The molecule has 0 spiro atoms. The lowest BCUT2D eigenvalue weighted by atomic mass is 9.96. The second-order valence-corrected chi connectivity index (χ2v) is 4.32. The van der Waals surface area contributed by atoms with E-state index in [1.807, 2.05) is 6.07 Å². The summed E-state index contributed by atoms with van der Waals surface area (Å²) in [5.41, 5.74) is 0.470. The van der Waals surface area contributed by atoms with Crippen LogP contribution in [0.5, 0.6) is 0 Å². The van der Waals surface area contributed by atoms with Crippen molar-refractivity contribution in [1.82, 2.24) is 4.98 Å². The minimum absolute atomic E-state index is 0.0853. The smallest absolute Gasteiger partial charge is 0.357 e. The summed E-state index contributed by atoms with van der Waals surface area (Å²) in [7, 11) is 0. The van der Waals surface area contributed by atoms with Crippen molar-refractivity contribution in [3.8, 4) is 6.07 Å². The van der Waals surface area contributed by atoms with Crippen LogP contribution in [-0.2, 0) is 0 Å². The van der Waals surface area contributed by atoms with E-state index in [0.717, 1.165) is 0 Å². The molecule has 0 unspecified atom stereocenters. The first-order chi connectivity index (χ1) is 8.50. The molecule has 1 fully saturated rings. The topological polar surface area (TPSA) is 39.9 Å². The number of hydrogen-bond donors (Lipinski definition) is 0. The standard InChI is InChI=1S/C12H12F3N3/c13-12(14,15)10-2-5-18(6-3-10)11-7-9(8-16)1-4-17-11/h1,4,7,10H,2-3,5-6H2. The van der Waals surface area contributed by atoms with Gasteiger partial charge in [-0.3, -0.25) is 0 Å². The van der Waals surface area contributed by atoms with Crippen molar-refractivity contribution in [2.24, 2.45) is 5.92 Å². The van der Waals surface area contributed by atoms with Gasteiger partial charge < -0.3 is 4.90 Å². The zero-order valence-corrected chi connectivity index (χ0v) is 9.61. The summed E-state index contributed by atoms with van der Waals surface area (Å²) < 4.78 is 37.5. The maximum atomic E-state index is 12.5. The molecule has 1 aromatic heterocycles. The Morgan fingerprint density at radius 3 is 2.56 bits per heavy atom. The first kappa shape index (κ1) is 12.7. The lowest BCUT2D eigenvalue weighted by Crippen LogP contribution is -2.39. The van der Waals surface area contributed by atoms with Gasteiger partial charge in [-0.05, 0) is 25.0 Å². The first-order valence-electron chi connectivity index (χ1n) is 5.68. The second-order valence-electron chi connectivity index (χ2n) is 4.32. The molecule has 6 heteroatoms. The molecule has 0 radical (unpaired) electrons. The van der Waals surface area contributed by atoms with Gasteiger partial charge in [-0.25, -0.2) is 4.98 Å². The summed E-state index contributed by atoms with van der Waals surface area (Å²) in [6.07, 6.45) is -2.43. The van der Waals surface area contributed by atoms with Gasteiger partial charge in [-0.2, -0.15) is 18.4 Å². The Labute approximate surface area is 103 Å². The number of rotatable bonds is 1. The summed E-state index contributed by atoms with van der Waals surface area (Å²) >= 11 is 0. The van der Waals surface area contributed by atoms with Crippen molar-refractivity contribution >= 4 is 5.82 Å². The SMILES string of the molecule is N#Cc1ccnc(N2CCC(C(F)(F)F)CC2)c1. The maximum Gasteiger partial charge on any atom is 0.391 e. The fourth-order valence-electron chi connectivity index (χ4n) is 2.10. The monoisotopic (exact) mass is 255 g/mol. The summed E-state index contributed by atoms with van der Waals surface area (Å²) in [5.74, 6) is -0.637. The number of pyridine rings is 1. The Morgan fingerprint density at radius 2 is 2.00 bits per heavy atom. The zero-order valence-electron chi connectivity index (χ0n) is 9.61. The average molecular weight is 255 g/mol. The molecule has 1 aliphatic heterocycles. The van der Waals surface area contributed by atoms with Crippen LogP contribution in [0.1, 0.15) is 18.4 Å². The zero-order chi connectivity index (χ0) is 13.2. The van der Waals surface area contributed by atoms with Gasteiger partial charge in [0.1, 0.15) is 5.82 Å². The van der Waals surface area contributed by atoms with Crippen LogP contribution in [0, 0.1) is 17.2 Å². The number of piperidine rings is 1. The van der Waals surface area contributed by atoms with Crippen molar-refractivity contribution in [3.05, 3.63) is 23.9 Å². The fourth-order valence-corrected chi connectivity index (χ4v) is 2.10. The fraction of sp³-hybridized carbons (Fsp3) is 0.500. The van der Waals surface area contributed by atoms with E-state index in [2.05, 4.69) is 4.98 Å². The van der Waals surface area contributed by atoms with Gasteiger partial charge in [0.05, 0.1) is 17.6 Å². The van der Waals surface area contributed by atoms with E-state index in [1.165, 1.54) is 6.20 Å². The Bertz CT molecular complexity index is 456. The minimum Gasteiger partial charge on any atom is -0.357 e. The highest BCUT2D eigenvalue weighted by Crippen LogP contribution is 2.34. The third kappa shape index (κ3) is 2.73. The van der Waals surface area contributed by atoms with E-state index in [1.54, 1.807) is 17.0 Å². The molecule has 1 saturated heterocycles. The average Bonchev–Trinajstić information content (AvgIpc) is 2.38. The van der Waals surface area contributed by atoms with Crippen LogP contribution in [0.4, 0.5) is 19.0 Å². The number of aromatic nitrogens is 1. The molecule has 0 aliphatic carbocycles. The number of alkyl halides is 3. The molecule has 0 amide bonds. The number of hydrogen-bond acceptors (Lipinski definition) is 3. The van der Waals surface area contributed by atoms with Crippen LogP contribution in [0.15, 0.2) is 18.3 Å². The summed E-state index contributed by atoms with van der Waals surface area (Å²) in [6.45, 7) is 0.651. The van der Waals surface area contributed by atoms with Gasteiger partial charge in [0.15, 0.2) is 0 Å². The number of nitriles is 1. The lowest BCUT2D eigenvalue weighted by molar-refractivity contribution is -0.179. The highest BCUT2D eigenvalue weighted by molar-refractivity contribution is 5.45. The Kier molecular flexibility index (Phi) is 3.41. The molecule has 1 aromatic rings. The molecule has 0 bridgehead atoms. The molecule has 0 aromatic carbocycles. The Balaban J connectivity index is 2.04. The molecular weight excluding hydrogens is 243 g/mol. The van der Waals surface area contributed by atoms with Crippen LogP contribution < -0.4 is 4.90 Å². The van der Waals surface area contributed by atoms with Crippen LogP contribution in [0.3, 0.4) is 0 Å². The first-order valence-corrected chi connectivity index (χ1v) is 5.68. The predicted molar refractivity (Wildman–Crippen MR) is 59.9 cm³/mol. The molecule has 3 nitrogen and oxygen atoms in total. The van der Waals surface area contributed by atoms with E-state index < -0.39 is 12.1 Å². The maximum absolute atomic E-state index is 12.5. The van der Waals surface area contributed by atoms with Gasteiger partial charge in [0, 0.05) is 19.3 Å². The van der Waals surface area contributed by atoms with Crippen molar-refractivity contribution in [3.63, 3.8) is 0 Å². The van der Waals surface area contributed by atoms with Crippen LogP contribution in [0.2, 0.25) is 0 Å². The Hall–Kier alpha value is -1.77. The quantitative estimate of drug-likeness (QED) is 0.774. The van der Waals surface area contributed by atoms with Gasteiger partial charge >= 0.3 is 6.18 Å². The normalized spacial score (nSPS) is 17.6. The summed E-state index contributed by atoms with van der Waals surface area (Å²) in [6, 6.07) is 5.17. The van der Waals surface area contributed by atoms with E-state index in [-0.39, 0.29) is 12.8 Å². The number of halogens is 3. The molecule has 2 rings (SSSR count). The summed E-state index contributed by atoms with van der Waals surface area (Å²) in [5, 5.41) is 8.76. The molecule has 96 valence electrons. The molecular formula is C12H12F3N3. The third-order valence-electron chi connectivity index (χ3n) is 3.16. The van der Waals surface area contributed by atoms with Gasteiger partial charge in [0.25, 0.3) is 0 Å². The van der Waals surface area contributed by atoms with Crippen LogP contribution in [-0.4, -0.2) is 24.2 Å². The number of anilines is 1. The van der Waals surface area contributed by atoms with E-state index in [4.69, 9.17) is 5.26 Å². The van der Waals surface area contributed by atoms with E-state index in [0.29, 0.717) is 24.5 Å². The highest BCUT2D eigenvalue weighted by Gasteiger charge is 2.41. The molecule has 0 atom stereocenters. The molecule has 0 N–H and O–H groups in total. The molecule has 2 heterocycles. The lowest BCUT2D eigenvalue weighted by Gasteiger charge is -2.33. The second kappa shape index (κ2) is 4.84. The van der Waals surface area contributed by atoms with Gasteiger partial charge in [-0.1, -0.05) is 0 Å². The predicted octanol–water partition coefficient (Wildman–Crippen LogP) is 2.73. The van der Waals surface area contributed by atoms with Gasteiger partial charge in [-0.15, -0.1) is 0 Å². The summed E-state index contributed by atoms with van der Waals surface area (Å²) in [4.78, 5) is 5.89. The van der Waals surface area contributed by atoms with Crippen molar-refractivity contribution in [2.45, 2.75) is 19.0 Å². The van der Waals surface area contributed by atoms with Crippen LogP contribution in [0.25, 0.3) is 0 Å². The van der Waals surface area contributed by atoms with Crippen molar-refractivity contribution in [1.29, 1.82) is 5.26 Å². The highest BCUT2D eigenvalue weighted by atomic mass is 19.4. The van der Waals surface area contributed by atoms with E-state index in [9.17, 15) is 13.2 Å². The molecule has 18 heavy (non-hydrogen) atoms. The van der Waals surface area contributed by atoms with Crippen molar-refractivity contribution in [2.75, 3.05) is 18.0 Å². The third-order valence-corrected chi connectivity index (χ3v) is 3.16. The van der Waals surface area contributed by atoms with Gasteiger partial charge in [0.2, 0.25) is 0 Å². The Morgan fingerprint density at radius 1 is 1.33 bits per heavy atom. The molecule has 1 aliphatic rings. The number of nitrogens with zero attached hydrogens (tertiary/aromatic N) is 3. The van der Waals surface area contributed by atoms with Crippen LogP contribution >= 0.6 is 0 Å². The van der Waals surface area contributed by atoms with Crippen molar-refractivity contribution < 1.29 is 13.2 Å². The largest absolute Gasteiger partial charge is 0.391 e. The minimum atomic E-state index is -4.10.